The maximum Gasteiger partial charge on any atom is 0.166 e. The molecule has 3 rings (SSSR count). The van der Waals surface area contributed by atoms with E-state index >= 15 is 0 Å². The van der Waals surface area contributed by atoms with Gasteiger partial charge in [0.2, 0.25) is 0 Å². The Balaban J connectivity index is 2.29. The number of nitrogen functional groups attached to an aromatic ring is 1. The van der Waals surface area contributed by atoms with Gasteiger partial charge in [-0.2, -0.15) is 0 Å². The highest BCUT2D eigenvalue weighted by molar-refractivity contribution is 7.16. The fourth-order valence-electron chi connectivity index (χ4n) is 1.62. The van der Waals surface area contributed by atoms with Crippen molar-refractivity contribution in [2.75, 3.05) is 5.73 Å². The third kappa shape index (κ3) is 1.29. The third-order valence-corrected chi connectivity index (χ3v) is 3.26. The molecular weight excluding hydrogens is 222 g/mol. The number of nitrogens with zero attached hydrogens (tertiary/aromatic N) is 2. The zero-order chi connectivity index (χ0) is 11.1. The topological polar surface area (TPSA) is 64.9 Å². The molecule has 0 radical (unpaired) electrons. The number of nitrogens with two attached hydrogens (primary N) is 1. The van der Waals surface area contributed by atoms with E-state index in [-0.39, 0.29) is 0 Å². The lowest BCUT2D eigenvalue weighted by Gasteiger charge is -2.00. The molecule has 0 saturated carbocycles. The summed E-state index contributed by atoms with van der Waals surface area (Å²) >= 11 is 1.56. The average Bonchev–Trinajstić information content (AvgIpc) is 2.85. The molecule has 16 heavy (non-hydrogen) atoms. The van der Waals surface area contributed by atoms with Crippen molar-refractivity contribution in [2.24, 2.45) is 0 Å². The normalized spacial score (nSPS) is 11.1. The van der Waals surface area contributed by atoms with Crippen molar-refractivity contribution in [1.29, 1.82) is 0 Å². The summed E-state index contributed by atoms with van der Waals surface area (Å²) in [6, 6.07) is 3.78. The molecule has 0 aromatic carbocycles. The molecule has 0 aliphatic carbocycles. The van der Waals surface area contributed by atoms with Crippen LogP contribution in [-0.4, -0.2) is 9.97 Å². The van der Waals surface area contributed by atoms with Crippen molar-refractivity contribution in [3.05, 3.63) is 29.5 Å². The van der Waals surface area contributed by atoms with Crippen LogP contribution in [0.5, 0.6) is 0 Å². The molecule has 0 bridgehead atoms. The van der Waals surface area contributed by atoms with Crippen molar-refractivity contribution >= 4 is 27.4 Å². The minimum atomic E-state index is 0.516. The molecule has 5 heteroatoms. The smallest absolute Gasteiger partial charge is 0.166 e. The number of aromatic nitrogens is 2. The molecule has 0 atom stereocenters. The monoisotopic (exact) mass is 231 g/mol. The predicted molar refractivity (Wildman–Crippen MR) is 64.3 cm³/mol. The number of hydrogen-bond acceptors (Lipinski definition) is 5. The van der Waals surface area contributed by atoms with Crippen LogP contribution in [-0.2, 0) is 0 Å². The first-order chi connectivity index (χ1) is 7.75. The lowest BCUT2D eigenvalue weighted by atomic mass is 10.2. The SMILES string of the molecule is Cc1occc1-c1nc(N)c2ccsc2n1. The van der Waals surface area contributed by atoms with Gasteiger partial charge in [0.25, 0.3) is 0 Å². The minimum absolute atomic E-state index is 0.516. The lowest BCUT2D eigenvalue weighted by molar-refractivity contribution is 0.535. The number of furan rings is 1. The maximum atomic E-state index is 5.88. The van der Waals surface area contributed by atoms with Crippen molar-refractivity contribution in [2.45, 2.75) is 6.92 Å². The van der Waals surface area contributed by atoms with E-state index in [9.17, 15) is 0 Å². The van der Waals surface area contributed by atoms with Crippen molar-refractivity contribution < 1.29 is 4.42 Å². The predicted octanol–water partition coefficient (Wildman–Crippen LogP) is 2.84. The Kier molecular flexibility index (Phi) is 1.94. The molecule has 3 aromatic rings. The number of thiophene rings is 1. The van der Waals surface area contributed by atoms with E-state index in [2.05, 4.69) is 9.97 Å². The quantitative estimate of drug-likeness (QED) is 0.699. The van der Waals surface area contributed by atoms with Gasteiger partial charge < -0.3 is 10.2 Å². The van der Waals surface area contributed by atoms with E-state index < -0.39 is 0 Å². The summed E-state index contributed by atoms with van der Waals surface area (Å²) in [5, 5.41) is 2.87. The first-order valence-electron chi connectivity index (χ1n) is 4.81. The molecule has 80 valence electrons. The first-order valence-corrected chi connectivity index (χ1v) is 5.69. The number of fused-ring (bicyclic) bond motifs is 1. The Morgan fingerprint density at radius 3 is 2.94 bits per heavy atom. The molecule has 0 aliphatic rings. The molecule has 0 spiro atoms. The van der Waals surface area contributed by atoms with E-state index in [1.165, 1.54) is 0 Å². The molecule has 2 N–H and O–H groups in total. The zero-order valence-corrected chi connectivity index (χ0v) is 9.41. The second-order valence-corrected chi connectivity index (χ2v) is 4.36. The van der Waals surface area contributed by atoms with Crippen LogP contribution in [0.25, 0.3) is 21.6 Å². The van der Waals surface area contributed by atoms with Gasteiger partial charge in [-0.3, -0.25) is 0 Å². The third-order valence-electron chi connectivity index (χ3n) is 2.45. The molecule has 0 aliphatic heterocycles. The highest BCUT2D eigenvalue weighted by Crippen LogP contribution is 2.28. The maximum absolute atomic E-state index is 5.88. The van der Waals surface area contributed by atoms with Crippen LogP contribution in [0.4, 0.5) is 5.82 Å². The summed E-state index contributed by atoms with van der Waals surface area (Å²) in [4.78, 5) is 9.66. The van der Waals surface area contributed by atoms with Crippen molar-refractivity contribution in [1.82, 2.24) is 9.97 Å². The van der Waals surface area contributed by atoms with Gasteiger partial charge in [0.15, 0.2) is 5.82 Å². The Morgan fingerprint density at radius 2 is 2.19 bits per heavy atom. The standard InChI is InChI=1S/C11H9N3OS/c1-6-7(2-4-15-6)10-13-9(12)8-3-5-16-11(8)14-10/h2-5H,1H3,(H2,12,13,14). The van der Waals surface area contributed by atoms with Crippen LogP contribution in [0.2, 0.25) is 0 Å². The molecule has 4 nitrogen and oxygen atoms in total. The number of anilines is 1. The fraction of sp³-hybridized carbons (Fsp3) is 0.0909. The van der Waals surface area contributed by atoms with E-state index in [0.717, 1.165) is 21.5 Å². The molecule has 3 aromatic heterocycles. The molecule has 0 fully saturated rings. The summed E-state index contributed by atoms with van der Waals surface area (Å²) in [7, 11) is 0. The number of aryl methyl sites for hydroxylation is 1. The van der Waals surface area contributed by atoms with Gasteiger partial charge in [-0.25, -0.2) is 9.97 Å². The molecule has 0 unspecified atom stereocenters. The van der Waals surface area contributed by atoms with Crippen LogP contribution in [0.1, 0.15) is 5.76 Å². The molecule has 0 amide bonds. The van der Waals surface area contributed by atoms with Gasteiger partial charge in [0, 0.05) is 0 Å². The zero-order valence-electron chi connectivity index (χ0n) is 8.60. The first kappa shape index (κ1) is 9.35. The van der Waals surface area contributed by atoms with E-state index in [4.69, 9.17) is 10.2 Å². The molecule has 3 heterocycles. The van der Waals surface area contributed by atoms with E-state index in [1.807, 2.05) is 24.4 Å². The highest BCUT2D eigenvalue weighted by Gasteiger charge is 2.11. The van der Waals surface area contributed by atoms with Gasteiger partial charge in [0.05, 0.1) is 17.2 Å². The summed E-state index contributed by atoms with van der Waals surface area (Å²) in [6.45, 7) is 1.88. The van der Waals surface area contributed by atoms with Crippen LogP contribution < -0.4 is 5.73 Å². The average molecular weight is 231 g/mol. The van der Waals surface area contributed by atoms with E-state index in [0.29, 0.717) is 11.6 Å². The number of hydrogen-bond donors (Lipinski definition) is 1. The van der Waals surface area contributed by atoms with Gasteiger partial charge in [-0.1, -0.05) is 0 Å². The van der Waals surface area contributed by atoms with Gasteiger partial charge in [-0.15, -0.1) is 11.3 Å². The fourth-order valence-corrected chi connectivity index (χ4v) is 2.39. The minimum Gasteiger partial charge on any atom is -0.469 e. The largest absolute Gasteiger partial charge is 0.469 e. The summed E-state index contributed by atoms with van der Waals surface area (Å²) in [5.41, 5.74) is 6.77. The lowest BCUT2D eigenvalue weighted by Crippen LogP contribution is -1.95. The second-order valence-electron chi connectivity index (χ2n) is 3.46. The Hall–Kier alpha value is -1.88. The van der Waals surface area contributed by atoms with Crippen LogP contribution >= 0.6 is 11.3 Å². The summed E-state index contributed by atoms with van der Waals surface area (Å²) in [6.07, 6.45) is 1.63. The Morgan fingerprint density at radius 1 is 1.31 bits per heavy atom. The van der Waals surface area contributed by atoms with Crippen LogP contribution in [0.15, 0.2) is 28.2 Å². The highest BCUT2D eigenvalue weighted by atomic mass is 32.1. The van der Waals surface area contributed by atoms with Crippen LogP contribution in [0.3, 0.4) is 0 Å². The van der Waals surface area contributed by atoms with E-state index in [1.54, 1.807) is 17.6 Å². The Bertz CT molecular complexity index is 656. The molecular formula is C11H9N3OS. The van der Waals surface area contributed by atoms with Crippen molar-refractivity contribution in [3.8, 4) is 11.4 Å². The van der Waals surface area contributed by atoms with Gasteiger partial charge in [0.1, 0.15) is 16.4 Å². The summed E-state index contributed by atoms with van der Waals surface area (Å²) < 4.78 is 5.23. The Labute approximate surface area is 95.7 Å². The van der Waals surface area contributed by atoms with Crippen LogP contribution in [0, 0.1) is 6.92 Å². The summed E-state index contributed by atoms with van der Waals surface area (Å²) in [5.74, 6) is 1.94. The second kappa shape index (κ2) is 3.31. The van der Waals surface area contributed by atoms with Gasteiger partial charge in [-0.05, 0) is 24.4 Å². The number of rotatable bonds is 1. The van der Waals surface area contributed by atoms with Gasteiger partial charge >= 0.3 is 0 Å². The van der Waals surface area contributed by atoms with Crippen molar-refractivity contribution in [3.63, 3.8) is 0 Å². The molecule has 0 saturated heterocycles.